The predicted molar refractivity (Wildman–Crippen MR) is 123 cm³/mol. The molecule has 0 saturated heterocycles. The molecule has 0 aliphatic carbocycles. The maximum absolute atomic E-state index is 13.0. The fourth-order valence-corrected chi connectivity index (χ4v) is 3.38. The Labute approximate surface area is 187 Å². The lowest BCUT2D eigenvalue weighted by Gasteiger charge is -2.14. The molecule has 0 aliphatic rings. The number of hydrogen-bond donors (Lipinski definition) is 1. The summed E-state index contributed by atoms with van der Waals surface area (Å²) in [5, 5.41) is 0. The van der Waals surface area contributed by atoms with Crippen LogP contribution in [0.15, 0.2) is 97.1 Å². The number of halogens is 1. The zero-order valence-electron chi connectivity index (χ0n) is 16.8. The van der Waals surface area contributed by atoms with Gasteiger partial charge in [0.05, 0.1) is 17.1 Å². The first kappa shape index (κ1) is 21.4. The standard InChI is InChI=1S/C25H19FN2O3S/c26-20-11-15-22(16-12-20)31-21-13-9-19(10-14-21)23-7-4-8-24(27-23)25(28-32(29)30)17-18-5-2-1-3-6-18/h1-17,28H,(H,29,30)/p-1/b25-17-. The molecule has 0 saturated carbocycles. The minimum atomic E-state index is -2.49. The van der Waals surface area contributed by atoms with Gasteiger partial charge in [0.2, 0.25) is 0 Å². The van der Waals surface area contributed by atoms with E-state index in [1.54, 1.807) is 36.4 Å². The van der Waals surface area contributed by atoms with Crippen molar-refractivity contribution in [3.05, 3.63) is 114 Å². The molecular formula is C25H18FN2O3S-. The van der Waals surface area contributed by atoms with Crippen LogP contribution >= 0.6 is 0 Å². The molecule has 4 aromatic rings. The maximum atomic E-state index is 13.0. The fourth-order valence-electron chi connectivity index (χ4n) is 3.04. The lowest BCUT2D eigenvalue weighted by molar-refractivity contribution is 0.480. The molecule has 1 N–H and O–H groups in total. The second-order valence-electron chi connectivity index (χ2n) is 6.79. The lowest BCUT2D eigenvalue weighted by Crippen LogP contribution is -2.15. The second kappa shape index (κ2) is 10.00. The van der Waals surface area contributed by atoms with E-state index in [9.17, 15) is 13.2 Å². The van der Waals surface area contributed by atoms with E-state index in [1.807, 2.05) is 54.6 Å². The van der Waals surface area contributed by atoms with Crippen LogP contribution in [0.2, 0.25) is 0 Å². The largest absolute Gasteiger partial charge is 0.755 e. The summed E-state index contributed by atoms with van der Waals surface area (Å²) in [6.45, 7) is 0. The summed E-state index contributed by atoms with van der Waals surface area (Å²) >= 11 is -2.49. The summed E-state index contributed by atoms with van der Waals surface area (Å²) in [7, 11) is 0. The number of rotatable bonds is 7. The van der Waals surface area contributed by atoms with Crippen LogP contribution in [0.4, 0.5) is 4.39 Å². The number of nitrogens with zero attached hydrogens (tertiary/aromatic N) is 1. The molecule has 0 spiro atoms. The zero-order chi connectivity index (χ0) is 22.3. The van der Waals surface area contributed by atoms with Crippen molar-refractivity contribution in [2.24, 2.45) is 0 Å². The first-order valence-corrected chi connectivity index (χ1v) is 10.8. The van der Waals surface area contributed by atoms with E-state index in [0.29, 0.717) is 28.6 Å². The summed E-state index contributed by atoms with van der Waals surface area (Å²) < 4.78 is 43.8. The van der Waals surface area contributed by atoms with Gasteiger partial charge in [-0.25, -0.2) is 9.37 Å². The normalized spacial score (nSPS) is 12.2. The van der Waals surface area contributed by atoms with Gasteiger partial charge in [-0.05, 0) is 72.3 Å². The smallest absolute Gasteiger partial charge is 0.127 e. The summed E-state index contributed by atoms with van der Waals surface area (Å²) in [4.78, 5) is 4.63. The lowest BCUT2D eigenvalue weighted by atomic mass is 10.1. The average Bonchev–Trinajstić information content (AvgIpc) is 2.81. The Bertz CT molecular complexity index is 1240. The van der Waals surface area contributed by atoms with Gasteiger partial charge >= 0.3 is 0 Å². The van der Waals surface area contributed by atoms with Crippen LogP contribution in [0.25, 0.3) is 23.0 Å². The van der Waals surface area contributed by atoms with E-state index in [2.05, 4.69) is 9.71 Å². The van der Waals surface area contributed by atoms with Crippen molar-refractivity contribution in [1.29, 1.82) is 0 Å². The Balaban J connectivity index is 1.59. The summed E-state index contributed by atoms with van der Waals surface area (Å²) in [6.07, 6.45) is 1.72. The van der Waals surface area contributed by atoms with Crippen molar-refractivity contribution in [1.82, 2.24) is 9.71 Å². The van der Waals surface area contributed by atoms with Gasteiger partial charge in [0.15, 0.2) is 0 Å². The van der Waals surface area contributed by atoms with Gasteiger partial charge in [0.1, 0.15) is 17.3 Å². The van der Waals surface area contributed by atoms with Gasteiger partial charge in [-0.2, -0.15) is 0 Å². The van der Waals surface area contributed by atoms with Crippen LogP contribution in [-0.4, -0.2) is 13.7 Å². The Kier molecular flexibility index (Phi) is 6.69. The minimum absolute atomic E-state index is 0.324. The topological polar surface area (TPSA) is 74.3 Å². The van der Waals surface area contributed by atoms with Crippen molar-refractivity contribution in [2.75, 3.05) is 0 Å². The molecule has 32 heavy (non-hydrogen) atoms. The van der Waals surface area contributed by atoms with Crippen LogP contribution in [0.1, 0.15) is 11.3 Å². The Morgan fingerprint density at radius 3 is 2.19 bits per heavy atom. The Hall–Kier alpha value is -3.81. The first-order chi connectivity index (χ1) is 15.6. The van der Waals surface area contributed by atoms with E-state index < -0.39 is 11.3 Å². The van der Waals surface area contributed by atoms with E-state index in [4.69, 9.17) is 4.74 Å². The predicted octanol–water partition coefficient (Wildman–Crippen LogP) is 5.56. The summed E-state index contributed by atoms with van der Waals surface area (Å²) in [5.74, 6) is 0.811. The highest BCUT2D eigenvalue weighted by atomic mass is 32.2. The molecule has 0 fully saturated rings. The highest BCUT2D eigenvalue weighted by molar-refractivity contribution is 7.77. The minimum Gasteiger partial charge on any atom is -0.755 e. The van der Waals surface area contributed by atoms with E-state index >= 15 is 0 Å². The molecule has 7 heteroatoms. The van der Waals surface area contributed by atoms with E-state index in [1.165, 1.54) is 12.1 Å². The monoisotopic (exact) mass is 445 g/mol. The van der Waals surface area contributed by atoms with Crippen LogP contribution in [-0.2, 0) is 11.3 Å². The second-order valence-corrected chi connectivity index (χ2v) is 7.47. The van der Waals surface area contributed by atoms with Crippen molar-refractivity contribution >= 4 is 23.0 Å². The SMILES string of the molecule is O=S([O-])N/C(=C\c1ccccc1)c1cccc(-c2ccc(Oc3ccc(F)cc3)cc2)n1. The number of ether oxygens (including phenoxy) is 1. The van der Waals surface area contributed by atoms with E-state index in [-0.39, 0.29) is 5.82 Å². The summed E-state index contributed by atoms with van der Waals surface area (Å²) in [5.41, 5.74) is 3.20. The number of aromatic nitrogens is 1. The van der Waals surface area contributed by atoms with Crippen molar-refractivity contribution in [3.8, 4) is 22.8 Å². The van der Waals surface area contributed by atoms with Crippen molar-refractivity contribution < 1.29 is 17.9 Å². The molecule has 1 unspecified atom stereocenters. The highest BCUT2D eigenvalue weighted by Crippen LogP contribution is 2.26. The van der Waals surface area contributed by atoms with Crippen molar-refractivity contribution in [3.63, 3.8) is 0 Å². The van der Waals surface area contributed by atoms with Gasteiger partial charge in [0.25, 0.3) is 0 Å². The van der Waals surface area contributed by atoms with Gasteiger partial charge < -0.3 is 14.0 Å². The van der Waals surface area contributed by atoms with Crippen LogP contribution in [0.3, 0.4) is 0 Å². The molecule has 0 amide bonds. The molecule has 0 aliphatic heterocycles. The molecule has 5 nitrogen and oxygen atoms in total. The van der Waals surface area contributed by atoms with Crippen LogP contribution in [0, 0.1) is 5.82 Å². The molecule has 1 atom stereocenters. The fraction of sp³-hybridized carbons (Fsp3) is 0. The van der Waals surface area contributed by atoms with Crippen molar-refractivity contribution in [2.45, 2.75) is 0 Å². The van der Waals surface area contributed by atoms with Gasteiger partial charge in [0, 0.05) is 16.8 Å². The molecule has 3 aromatic carbocycles. The third-order valence-electron chi connectivity index (χ3n) is 4.53. The van der Waals surface area contributed by atoms with E-state index in [0.717, 1.165) is 11.1 Å². The molecule has 1 aromatic heterocycles. The molecular weight excluding hydrogens is 427 g/mol. The van der Waals surface area contributed by atoms with Crippen LogP contribution < -0.4 is 9.46 Å². The first-order valence-electron chi connectivity index (χ1n) is 9.71. The quantitative estimate of drug-likeness (QED) is 0.378. The van der Waals surface area contributed by atoms with Crippen LogP contribution in [0.5, 0.6) is 11.5 Å². The molecule has 4 rings (SSSR count). The number of nitrogens with one attached hydrogen (secondary N) is 1. The molecule has 0 radical (unpaired) electrons. The third-order valence-corrected chi connectivity index (χ3v) is 4.91. The van der Waals surface area contributed by atoms with Gasteiger partial charge in [-0.3, -0.25) is 4.21 Å². The van der Waals surface area contributed by atoms with Gasteiger partial charge in [-0.1, -0.05) is 36.4 Å². The molecule has 160 valence electrons. The number of hydrogen-bond acceptors (Lipinski definition) is 4. The Morgan fingerprint density at radius 2 is 1.53 bits per heavy atom. The zero-order valence-corrected chi connectivity index (χ0v) is 17.6. The number of benzene rings is 3. The summed E-state index contributed by atoms with van der Waals surface area (Å²) in [6, 6.07) is 27.8. The molecule has 0 bridgehead atoms. The van der Waals surface area contributed by atoms with Gasteiger partial charge in [-0.15, -0.1) is 0 Å². The Morgan fingerprint density at radius 1 is 0.875 bits per heavy atom. The maximum Gasteiger partial charge on any atom is 0.127 e. The highest BCUT2D eigenvalue weighted by Gasteiger charge is 2.07. The third kappa shape index (κ3) is 5.66. The average molecular weight is 445 g/mol. The molecule has 1 heterocycles. The number of pyridine rings is 1.